The second-order valence-electron chi connectivity index (χ2n) is 6.66. The van der Waals surface area contributed by atoms with E-state index in [2.05, 4.69) is 48.7 Å². The van der Waals surface area contributed by atoms with Crippen LogP contribution < -0.4 is 0 Å². The van der Waals surface area contributed by atoms with E-state index >= 15 is 0 Å². The van der Waals surface area contributed by atoms with Crippen LogP contribution in [0.1, 0.15) is 0 Å². The molecule has 6 rings (SSSR count). The van der Waals surface area contributed by atoms with Gasteiger partial charge in [-0.05, 0) is 47.8 Å². The number of rotatable bonds is 3. The summed E-state index contributed by atoms with van der Waals surface area (Å²) in [5.74, 6) is 0. The maximum atomic E-state index is 4.83. The molecule has 138 valence electrons. The number of pyridine rings is 3. The second-order valence-corrected chi connectivity index (χ2v) is 7.61. The standard InChI is InChI=1S/C22H14N6S/c1-2-9-23-15(4-1)16-6-7-17-20(25-16)21(28-27-17)18-12-14-13(19-5-3-11-29-19)8-10-24-22(14)26-18/h1-12H,(H,24,26)(H,27,28). The molecule has 7 heteroatoms. The maximum Gasteiger partial charge on any atom is 0.138 e. The van der Waals surface area contributed by atoms with Gasteiger partial charge in [-0.25, -0.2) is 9.97 Å². The number of H-pyrrole nitrogens is 2. The van der Waals surface area contributed by atoms with Crippen LogP contribution in [0.3, 0.4) is 0 Å². The third-order valence-corrected chi connectivity index (χ3v) is 5.81. The number of hydrogen-bond donors (Lipinski definition) is 2. The monoisotopic (exact) mass is 394 g/mol. The Labute approximate surface area is 169 Å². The largest absolute Gasteiger partial charge is 0.338 e. The Morgan fingerprint density at radius 1 is 0.862 bits per heavy atom. The molecule has 0 radical (unpaired) electrons. The van der Waals surface area contributed by atoms with E-state index in [4.69, 9.17) is 4.98 Å². The van der Waals surface area contributed by atoms with Gasteiger partial charge < -0.3 is 4.98 Å². The van der Waals surface area contributed by atoms with Crippen molar-refractivity contribution in [3.63, 3.8) is 0 Å². The van der Waals surface area contributed by atoms with Gasteiger partial charge >= 0.3 is 0 Å². The molecular weight excluding hydrogens is 380 g/mol. The molecule has 6 nitrogen and oxygen atoms in total. The molecule has 0 amide bonds. The van der Waals surface area contributed by atoms with Crippen LogP contribution in [-0.2, 0) is 0 Å². The normalized spacial score (nSPS) is 11.4. The van der Waals surface area contributed by atoms with E-state index < -0.39 is 0 Å². The first kappa shape index (κ1) is 16.1. The van der Waals surface area contributed by atoms with Crippen molar-refractivity contribution in [2.45, 2.75) is 0 Å². The molecular formula is C22H14N6S. The molecule has 0 unspecified atom stereocenters. The van der Waals surface area contributed by atoms with Crippen LogP contribution in [0.25, 0.3) is 55.3 Å². The van der Waals surface area contributed by atoms with Crippen molar-refractivity contribution >= 4 is 33.4 Å². The average Bonchev–Trinajstić information content (AvgIpc) is 3.52. The van der Waals surface area contributed by atoms with Gasteiger partial charge in [0.25, 0.3) is 0 Å². The van der Waals surface area contributed by atoms with Gasteiger partial charge in [0, 0.05) is 28.2 Å². The lowest BCUT2D eigenvalue weighted by Gasteiger charge is -2.00. The fourth-order valence-electron chi connectivity index (χ4n) is 3.54. The summed E-state index contributed by atoms with van der Waals surface area (Å²) in [5, 5.41) is 10.8. The summed E-state index contributed by atoms with van der Waals surface area (Å²) in [6.07, 6.45) is 3.60. The average molecular weight is 394 g/mol. The van der Waals surface area contributed by atoms with E-state index in [-0.39, 0.29) is 0 Å². The highest BCUT2D eigenvalue weighted by Gasteiger charge is 2.16. The van der Waals surface area contributed by atoms with Gasteiger partial charge in [0.1, 0.15) is 16.9 Å². The maximum absolute atomic E-state index is 4.83. The minimum atomic E-state index is 0.771. The van der Waals surface area contributed by atoms with Crippen molar-refractivity contribution in [1.82, 2.24) is 30.1 Å². The van der Waals surface area contributed by atoms with E-state index in [1.54, 1.807) is 17.5 Å². The number of nitrogens with zero attached hydrogens (tertiary/aromatic N) is 4. The number of aromatic nitrogens is 6. The van der Waals surface area contributed by atoms with Crippen LogP contribution in [0, 0.1) is 0 Å². The molecule has 0 atom stereocenters. The quantitative estimate of drug-likeness (QED) is 0.427. The Balaban J connectivity index is 1.53. The Kier molecular flexibility index (Phi) is 3.54. The molecule has 0 aromatic carbocycles. The molecule has 0 fully saturated rings. The van der Waals surface area contributed by atoms with Crippen molar-refractivity contribution in [1.29, 1.82) is 0 Å². The summed E-state index contributed by atoms with van der Waals surface area (Å²) in [6.45, 7) is 0. The van der Waals surface area contributed by atoms with E-state index in [0.717, 1.165) is 50.4 Å². The van der Waals surface area contributed by atoms with Gasteiger partial charge in [-0.2, -0.15) is 5.10 Å². The molecule has 2 N–H and O–H groups in total. The van der Waals surface area contributed by atoms with Crippen molar-refractivity contribution in [2.75, 3.05) is 0 Å². The second kappa shape index (κ2) is 6.35. The van der Waals surface area contributed by atoms with Crippen LogP contribution >= 0.6 is 11.3 Å². The van der Waals surface area contributed by atoms with Gasteiger partial charge in [0.15, 0.2) is 0 Å². The third kappa shape index (κ3) is 2.63. The van der Waals surface area contributed by atoms with E-state index in [0.29, 0.717) is 0 Å². The van der Waals surface area contributed by atoms with Crippen molar-refractivity contribution in [3.8, 4) is 33.2 Å². The minimum absolute atomic E-state index is 0.771. The first-order valence-corrected chi connectivity index (χ1v) is 10.0. The van der Waals surface area contributed by atoms with Crippen LogP contribution in [0.5, 0.6) is 0 Å². The van der Waals surface area contributed by atoms with E-state index in [1.165, 1.54) is 4.88 Å². The highest BCUT2D eigenvalue weighted by atomic mass is 32.1. The predicted molar refractivity (Wildman–Crippen MR) is 116 cm³/mol. The van der Waals surface area contributed by atoms with Gasteiger partial charge in [0.05, 0.1) is 22.6 Å². The molecule has 0 saturated carbocycles. The van der Waals surface area contributed by atoms with Gasteiger partial charge in [-0.15, -0.1) is 11.3 Å². The topological polar surface area (TPSA) is 83.1 Å². The highest BCUT2D eigenvalue weighted by molar-refractivity contribution is 7.13. The molecule has 6 heterocycles. The fraction of sp³-hybridized carbons (Fsp3) is 0. The lowest BCUT2D eigenvalue weighted by molar-refractivity contribution is 1.12. The predicted octanol–water partition coefficient (Wildman–Crippen LogP) is 5.29. The number of hydrogen-bond acceptors (Lipinski definition) is 5. The summed E-state index contributed by atoms with van der Waals surface area (Å²) in [5.41, 5.74) is 6.98. The summed E-state index contributed by atoms with van der Waals surface area (Å²) < 4.78 is 0. The molecule has 0 bridgehead atoms. The molecule has 0 saturated heterocycles. The van der Waals surface area contributed by atoms with Crippen molar-refractivity contribution in [2.24, 2.45) is 0 Å². The Bertz CT molecular complexity index is 1450. The zero-order valence-electron chi connectivity index (χ0n) is 15.1. The van der Waals surface area contributed by atoms with Crippen molar-refractivity contribution < 1.29 is 0 Å². The molecule has 0 aliphatic carbocycles. The highest BCUT2D eigenvalue weighted by Crippen LogP contribution is 2.34. The molecule has 6 aromatic rings. The first-order valence-electron chi connectivity index (χ1n) is 9.15. The SMILES string of the molecule is c1ccc(-c2ccc3[nH]nc(-c4cc5c(-c6cccs6)ccnc5[nH]4)c3n2)nc1. The van der Waals surface area contributed by atoms with Gasteiger partial charge in [-0.3, -0.25) is 10.1 Å². The molecule has 0 aliphatic rings. The van der Waals surface area contributed by atoms with Crippen LogP contribution in [0.15, 0.2) is 72.4 Å². The number of thiophene rings is 1. The molecule has 29 heavy (non-hydrogen) atoms. The lowest BCUT2D eigenvalue weighted by atomic mass is 10.1. The Morgan fingerprint density at radius 3 is 2.72 bits per heavy atom. The first-order chi connectivity index (χ1) is 14.4. The summed E-state index contributed by atoms with van der Waals surface area (Å²) in [6, 6.07) is 18.1. The number of fused-ring (bicyclic) bond motifs is 2. The van der Waals surface area contributed by atoms with E-state index in [9.17, 15) is 0 Å². The smallest absolute Gasteiger partial charge is 0.138 e. The minimum Gasteiger partial charge on any atom is -0.338 e. The van der Waals surface area contributed by atoms with Crippen molar-refractivity contribution in [3.05, 3.63) is 72.4 Å². The Hall–Kier alpha value is -3.84. The summed E-state index contributed by atoms with van der Waals surface area (Å²) >= 11 is 1.72. The Morgan fingerprint density at radius 2 is 1.86 bits per heavy atom. The lowest BCUT2D eigenvalue weighted by Crippen LogP contribution is -1.88. The zero-order chi connectivity index (χ0) is 19.2. The number of nitrogens with one attached hydrogen (secondary N) is 2. The molecule has 0 spiro atoms. The van der Waals surface area contributed by atoms with Gasteiger partial charge in [-0.1, -0.05) is 12.1 Å². The van der Waals surface area contributed by atoms with Crippen LogP contribution in [-0.4, -0.2) is 30.1 Å². The summed E-state index contributed by atoms with van der Waals surface area (Å²) in [7, 11) is 0. The van der Waals surface area contributed by atoms with Crippen LogP contribution in [0.2, 0.25) is 0 Å². The fourth-order valence-corrected chi connectivity index (χ4v) is 4.31. The van der Waals surface area contributed by atoms with Crippen LogP contribution in [0.4, 0.5) is 0 Å². The molecule has 0 aliphatic heterocycles. The van der Waals surface area contributed by atoms with E-state index in [1.807, 2.05) is 42.6 Å². The third-order valence-electron chi connectivity index (χ3n) is 4.91. The van der Waals surface area contributed by atoms with Gasteiger partial charge in [0.2, 0.25) is 0 Å². The number of aromatic amines is 2. The summed E-state index contributed by atoms with van der Waals surface area (Å²) in [4.78, 5) is 18.4. The zero-order valence-corrected chi connectivity index (χ0v) is 15.9. The molecule has 6 aromatic heterocycles.